The Morgan fingerprint density at radius 3 is 2.87 bits per heavy atom. The van der Waals surface area contributed by atoms with Gasteiger partial charge in [-0.2, -0.15) is 5.10 Å². The third-order valence-electron chi connectivity index (χ3n) is 4.79. The number of carbonyl (C=O) groups is 1. The van der Waals surface area contributed by atoms with Crippen molar-refractivity contribution in [1.82, 2.24) is 19.7 Å². The molecule has 1 amide bonds. The molecule has 0 spiro atoms. The second-order valence-corrected chi connectivity index (χ2v) is 7.64. The van der Waals surface area contributed by atoms with Gasteiger partial charge in [0.25, 0.3) is 5.91 Å². The minimum Gasteiger partial charge on any atom is -0.332 e. The maximum atomic E-state index is 12.8. The molecule has 122 valence electrons. The summed E-state index contributed by atoms with van der Waals surface area (Å²) in [6, 6.07) is 2.32. The van der Waals surface area contributed by atoms with E-state index in [9.17, 15) is 4.79 Å². The van der Waals surface area contributed by atoms with Crippen LogP contribution in [0.5, 0.6) is 0 Å². The highest BCUT2D eigenvalue weighted by atomic mass is 32.1. The summed E-state index contributed by atoms with van der Waals surface area (Å²) in [7, 11) is 0. The summed E-state index contributed by atoms with van der Waals surface area (Å²) in [6.45, 7) is 5.70. The number of thiazole rings is 1. The van der Waals surface area contributed by atoms with Crippen molar-refractivity contribution in [2.45, 2.75) is 58.0 Å². The van der Waals surface area contributed by atoms with E-state index in [1.165, 1.54) is 12.8 Å². The molecule has 1 unspecified atom stereocenters. The first-order valence-corrected chi connectivity index (χ1v) is 9.27. The van der Waals surface area contributed by atoms with E-state index in [2.05, 4.69) is 23.1 Å². The first-order valence-electron chi connectivity index (χ1n) is 8.39. The van der Waals surface area contributed by atoms with Crippen molar-refractivity contribution in [3.8, 4) is 0 Å². The van der Waals surface area contributed by atoms with Crippen molar-refractivity contribution in [3.63, 3.8) is 0 Å². The summed E-state index contributed by atoms with van der Waals surface area (Å²) in [5, 5.41) is 7.62. The molecule has 0 aromatic carbocycles. The van der Waals surface area contributed by atoms with Crippen LogP contribution < -0.4 is 0 Å². The van der Waals surface area contributed by atoms with Gasteiger partial charge >= 0.3 is 0 Å². The number of rotatable bonds is 4. The van der Waals surface area contributed by atoms with Crippen LogP contribution in [0, 0.1) is 13.8 Å². The third-order valence-corrected chi connectivity index (χ3v) is 5.80. The van der Waals surface area contributed by atoms with E-state index in [0.717, 1.165) is 42.3 Å². The fourth-order valence-corrected chi connectivity index (χ4v) is 4.37. The first kappa shape index (κ1) is 14.9. The molecule has 1 saturated heterocycles. The van der Waals surface area contributed by atoms with E-state index >= 15 is 0 Å². The maximum Gasteiger partial charge on any atom is 0.273 e. The van der Waals surface area contributed by atoms with Crippen molar-refractivity contribution < 1.29 is 4.79 Å². The van der Waals surface area contributed by atoms with Crippen molar-refractivity contribution in [3.05, 3.63) is 33.5 Å². The number of hydrogen-bond acceptors (Lipinski definition) is 4. The van der Waals surface area contributed by atoms with Crippen LogP contribution in [0.4, 0.5) is 0 Å². The Morgan fingerprint density at radius 1 is 1.35 bits per heavy atom. The highest BCUT2D eigenvalue weighted by molar-refractivity contribution is 7.10. The topological polar surface area (TPSA) is 51.0 Å². The van der Waals surface area contributed by atoms with E-state index < -0.39 is 0 Å². The molecule has 0 radical (unpaired) electrons. The lowest BCUT2D eigenvalue weighted by molar-refractivity contribution is 0.0715. The Bertz CT molecular complexity index is 731. The molecule has 1 aliphatic carbocycles. The standard InChI is InChI=1S/C17H22N4OS/c1-11-8-12(2)21(19-11)9-14-4-3-7-20(14)17(22)15-10-23-16(18-15)13-5-6-13/h8,10,13-14H,3-7,9H2,1-2H3. The molecule has 1 saturated carbocycles. The fourth-order valence-electron chi connectivity index (χ4n) is 3.40. The van der Waals surface area contributed by atoms with Crippen LogP contribution in [-0.2, 0) is 6.54 Å². The largest absolute Gasteiger partial charge is 0.332 e. The fraction of sp³-hybridized carbons (Fsp3) is 0.588. The van der Waals surface area contributed by atoms with Gasteiger partial charge < -0.3 is 4.90 Å². The molecular weight excluding hydrogens is 308 g/mol. The Morgan fingerprint density at radius 2 is 2.17 bits per heavy atom. The van der Waals surface area contributed by atoms with Crippen molar-refractivity contribution in [2.24, 2.45) is 0 Å². The molecule has 0 N–H and O–H groups in total. The second-order valence-electron chi connectivity index (χ2n) is 6.75. The number of carbonyl (C=O) groups excluding carboxylic acids is 1. The molecule has 2 fully saturated rings. The van der Waals surface area contributed by atoms with E-state index in [1.54, 1.807) is 11.3 Å². The highest BCUT2D eigenvalue weighted by Gasteiger charge is 2.33. The van der Waals surface area contributed by atoms with Crippen LogP contribution in [0.3, 0.4) is 0 Å². The Hall–Kier alpha value is -1.69. The molecule has 1 atom stereocenters. The second kappa shape index (κ2) is 5.74. The van der Waals surface area contributed by atoms with Gasteiger partial charge in [-0.15, -0.1) is 11.3 Å². The number of aromatic nitrogens is 3. The number of likely N-dealkylation sites (tertiary alicyclic amines) is 1. The van der Waals surface area contributed by atoms with Crippen LogP contribution in [0.25, 0.3) is 0 Å². The maximum absolute atomic E-state index is 12.8. The van der Waals surface area contributed by atoms with E-state index in [4.69, 9.17) is 0 Å². The summed E-state index contributed by atoms with van der Waals surface area (Å²) >= 11 is 1.64. The normalized spacial score (nSPS) is 21.1. The van der Waals surface area contributed by atoms with Crippen LogP contribution in [0.2, 0.25) is 0 Å². The van der Waals surface area contributed by atoms with Crippen LogP contribution in [0.15, 0.2) is 11.4 Å². The molecule has 2 aromatic rings. The predicted octanol–water partition coefficient (Wildman–Crippen LogP) is 3.14. The molecule has 6 heteroatoms. The van der Waals surface area contributed by atoms with Gasteiger partial charge in [0.2, 0.25) is 0 Å². The smallest absolute Gasteiger partial charge is 0.273 e. The molecule has 5 nitrogen and oxygen atoms in total. The Labute approximate surface area is 140 Å². The summed E-state index contributed by atoms with van der Waals surface area (Å²) in [6.07, 6.45) is 4.57. The molecule has 2 aromatic heterocycles. The third kappa shape index (κ3) is 2.92. The number of hydrogen-bond donors (Lipinski definition) is 0. The van der Waals surface area contributed by atoms with Crippen LogP contribution in [-0.4, -0.2) is 38.2 Å². The van der Waals surface area contributed by atoms with E-state index in [1.807, 2.05) is 21.9 Å². The lowest BCUT2D eigenvalue weighted by atomic mass is 10.2. The Kier molecular flexibility index (Phi) is 3.71. The lowest BCUT2D eigenvalue weighted by Gasteiger charge is -2.24. The number of nitrogens with zero attached hydrogens (tertiary/aromatic N) is 4. The molecule has 23 heavy (non-hydrogen) atoms. The Balaban J connectivity index is 1.49. The average Bonchev–Trinajstić information content (AvgIpc) is 2.95. The van der Waals surface area contributed by atoms with Crippen LogP contribution >= 0.6 is 11.3 Å². The minimum atomic E-state index is 0.0946. The minimum absolute atomic E-state index is 0.0946. The van der Waals surface area contributed by atoms with E-state index in [0.29, 0.717) is 11.6 Å². The molecule has 0 bridgehead atoms. The average molecular weight is 330 g/mol. The molecule has 4 rings (SSSR count). The van der Waals surface area contributed by atoms with E-state index in [-0.39, 0.29) is 11.9 Å². The van der Waals surface area contributed by atoms with Crippen molar-refractivity contribution in [2.75, 3.05) is 6.54 Å². The van der Waals surface area contributed by atoms with Crippen LogP contribution in [0.1, 0.15) is 58.5 Å². The summed E-state index contributed by atoms with van der Waals surface area (Å²) in [5.41, 5.74) is 2.83. The monoisotopic (exact) mass is 330 g/mol. The number of aryl methyl sites for hydroxylation is 2. The predicted molar refractivity (Wildman–Crippen MR) is 89.8 cm³/mol. The van der Waals surface area contributed by atoms with Gasteiger partial charge in [-0.05, 0) is 45.6 Å². The van der Waals surface area contributed by atoms with Gasteiger partial charge in [-0.1, -0.05) is 0 Å². The van der Waals surface area contributed by atoms with Crippen molar-refractivity contribution in [1.29, 1.82) is 0 Å². The molecule has 2 aliphatic rings. The summed E-state index contributed by atoms with van der Waals surface area (Å²) in [5.74, 6) is 0.711. The van der Waals surface area contributed by atoms with Gasteiger partial charge in [0.05, 0.1) is 23.3 Å². The highest BCUT2D eigenvalue weighted by Crippen LogP contribution is 2.41. The van der Waals surface area contributed by atoms with Gasteiger partial charge in [-0.3, -0.25) is 9.48 Å². The lowest BCUT2D eigenvalue weighted by Crippen LogP contribution is -2.38. The van der Waals surface area contributed by atoms with Gasteiger partial charge in [0.15, 0.2) is 0 Å². The molecule has 3 heterocycles. The zero-order valence-electron chi connectivity index (χ0n) is 13.7. The van der Waals surface area contributed by atoms with Gasteiger partial charge in [0, 0.05) is 23.5 Å². The zero-order chi connectivity index (χ0) is 16.0. The van der Waals surface area contributed by atoms with Crippen molar-refractivity contribution >= 4 is 17.2 Å². The zero-order valence-corrected chi connectivity index (χ0v) is 14.5. The SMILES string of the molecule is Cc1cc(C)n(CC2CCCN2C(=O)c2csc(C3CC3)n2)n1. The molecular formula is C17H22N4OS. The van der Waals surface area contributed by atoms with Gasteiger partial charge in [-0.25, -0.2) is 4.98 Å². The summed E-state index contributed by atoms with van der Waals surface area (Å²) < 4.78 is 2.03. The first-order chi connectivity index (χ1) is 11.1. The summed E-state index contributed by atoms with van der Waals surface area (Å²) in [4.78, 5) is 19.4. The quantitative estimate of drug-likeness (QED) is 0.865. The number of amides is 1. The van der Waals surface area contributed by atoms with Gasteiger partial charge in [0.1, 0.15) is 5.69 Å². The molecule has 1 aliphatic heterocycles.